The van der Waals surface area contributed by atoms with Crippen LogP contribution in [0.1, 0.15) is 19.3 Å². The first-order valence-electron chi connectivity index (χ1n) is 6.18. The Hall–Kier alpha value is -1.20. The maximum atomic E-state index is 12.1. The second kappa shape index (κ2) is 4.82. The van der Waals surface area contributed by atoms with Crippen molar-refractivity contribution in [3.63, 3.8) is 0 Å². The van der Waals surface area contributed by atoms with Crippen molar-refractivity contribution in [2.24, 2.45) is 11.3 Å². The summed E-state index contributed by atoms with van der Waals surface area (Å²) in [5.41, 5.74) is -0.706. The zero-order valence-corrected chi connectivity index (χ0v) is 10.5. The lowest BCUT2D eigenvalue weighted by molar-refractivity contribution is -0.149. The number of hydrogen-bond donors (Lipinski definition) is 2. The molecule has 18 heavy (non-hydrogen) atoms. The lowest BCUT2D eigenvalue weighted by Gasteiger charge is -2.16. The van der Waals surface area contributed by atoms with Gasteiger partial charge in [-0.2, -0.15) is 0 Å². The van der Waals surface area contributed by atoms with Crippen LogP contribution in [0.25, 0.3) is 0 Å². The Morgan fingerprint density at radius 2 is 2.33 bits per heavy atom. The number of Topliss-reactive ketones (excluding diaryl/α,β-unsaturated/α-hetero) is 1. The minimum absolute atomic E-state index is 0.0266. The van der Waals surface area contributed by atoms with Gasteiger partial charge in [-0.05, 0) is 18.8 Å². The molecule has 1 aliphatic heterocycles. The molecule has 1 saturated carbocycles. The molecular weight excluding hydrogens is 234 g/mol. The standard InChI is InChI=1S/C13H19NO4/c1-3-8-5-13(8,12(17)18-2)6-11(16)10-4-9(15)7-14-10/h3,8-10,14-15H,1,4-7H2,2H3/t8-,9-,10+,13-/m1/s1. The van der Waals surface area contributed by atoms with Crippen LogP contribution in [0.5, 0.6) is 0 Å². The third kappa shape index (κ3) is 2.20. The summed E-state index contributed by atoms with van der Waals surface area (Å²) in [6.45, 7) is 4.11. The van der Waals surface area contributed by atoms with Gasteiger partial charge in [-0.3, -0.25) is 9.59 Å². The van der Waals surface area contributed by atoms with E-state index in [1.165, 1.54) is 7.11 Å². The summed E-state index contributed by atoms with van der Waals surface area (Å²) in [7, 11) is 1.34. The van der Waals surface area contributed by atoms with E-state index in [9.17, 15) is 14.7 Å². The van der Waals surface area contributed by atoms with Crippen LogP contribution in [-0.2, 0) is 14.3 Å². The van der Waals surface area contributed by atoms with E-state index < -0.39 is 11.5 Å². The molecule has 0 radical (unpaired) electrons. The molecule has 0 aromatic carbocycles. The van der Waals surface area contributed by atoms with Gasteiger partial charge in [0.1, 0.15) is 0 Å². The van der Waals surface area contributed by atoms with Crippen LogP contribution in [0.2, 0.25) is 0 Å². The zero-order valence-electron chi connectivity index (χ0n) is 10.5. The minimum Gasteiger partial charge on any atom is -0.469 e. The van der Waals surface area contributed by atoms with Crippen molar-refractivity contribution in [1.29, 1.82) is 0 Å². The molecule has 0 aromatic heterocycles. The highest BCUT2D eigenvalue weighted by Crippen LogP contribution is 2.57. The number of carbonyl (C=O) groups excluding carboxylic acids is 2. The number of allylic oxidation sites excluding steroid dienone is 1. The van der Waals surface area contributed by atoms with E-state index >= 15 is 0 Å². The van der Waals surface area contributed by atoms with Gasteiger partial charge in [0.15, 0.2) is 5.78 Å². The number of ether oxygens (including phenoxy) is 1. The maximum absolute atomic E-state index is 12.1. The molecule has 0 aromatic rings. The molecule has 2 fully saturated rings. The molecular formula is C13H19NO4. The number of methoxy groups -OCH3 is 1. The number of ketones is 1. The minimum atomic E-state index is -0.706. The van der Waals surface area contributed by atoms with Crippen LogP contribution in [0.4, 0.5) is 0 Å². The number of aliphatic hydroxyl groups is 1. The predicted octanol–water partition coefficient (Wildman–Crippen LogP) is 0.0337. The van der Waals surface area contributed by atoms with Crippen LogP contribution in [0.15, 0.2) is 12.7 Å². The molecule has 1 aliphatic carbocycles. The highest BCUT2D eigenvalue weighted by Gasteiger charge is 2.60. The lowest BCUT2D eigenvalue weighted by Crippen LogP contribution is -2.34. The summed E-state index contributed by atoms with van der Waals surface area (Å²) in [6, 6.07) is -0.340. The van der Waals surface area contributed by atoms with Gasteiger partial charge in [0.25, 0.3) is 0 Å². The average Bonchev–Trinajstić information content (AvgIpc) is 2.90. The molecule has 1 saturated heterocycles. The van der Waals surface area contributed by atoms with Gasteiger partial charge >= 0.3 is 5.97 Å². The molecule has 2 aliphatic rings. The van der Waals surface area contributed by atoms with Crippen molar-refractivity contribution in [1.82, 2.24) is 5.32 Å². The molecule has 0 bridgehead atoms. The molecule has 100 valence electrons. The Morgan fingerprint density at radius 1 is 1.61 bits per heavy atom. The summed E-state index contributed by atoms with van der Waals surface area (Å²) < 4.78 is 4.79. The number of esters is 1. The molecule has 5 nitrogen and oxygen atoms in total. The van der Waals surface area contributed by atoms with Crippen molar-refractivity contribution in [3.8, 4) is 0 Å². The van der Waals surface area contributed by atoms with Gasteiger partial charge in [0.05, 0.1) is 24.7 Å². The van der Waals surface area contributed by atoms with Crippen LogP contribution >= 0.6 is 0 Å². The third-order valence-corrected chi connectivity index (χ3v) is 4.00. The fourth-order valence-corrected chi connectivity index (χ4v) is 2.75. The van der Waals surface area contributed by atoms with Gasteiger partial charge in [0, 0.05) is 13.0 Å². The number of hydrogen-bond acceptors (Lipinski definition) is 5. The van der Waals surface area contributed by atoms with Gasteiger partial charge in [0.2, 0.25) is 0 Å². The van der Waals surface area contributed by atoms with Gasteiger partial charge in [-0.25, -0.2) is 0 Å². The van der Waals surface area contributed by atoms with Crippen LogP contribution in [-0.4, -0.2) is 42.7 Å². The predicted molar refractivity (Wildman–Crippen MR) is 64.8 cm³/mol. The molecule has 2 rings (SSSR count). The fourth-order valence-electron chi connectivity index (χ4n) is 2.75. The summed E-state index contributed by atoms with van der Waals surface area (Å²) in [4.78, 5) is 23.9. The second-order valence-corrected chi connectivity index (χ2v) is 5.19. The number of carbonyl (C=O) groups is 2. The molecule has 5 heteroatoms. The van der Waals surface area contributed by atoms with E-state index in [-0.39, 0.29) is 30.1 Å². The zero-order chi connectivity index (χ0) is 13.3. The van der Waals surface area contributed by atoms with Crippen LogP contribution in [0, 0.1) is 11.3 Å². The quantitative estimate of drug-likeness (QED) is 0.534. The Labute approximate surface area is 106 Å². The molecule has 2 N–H and O–H groups in total. The monoisotopic (exact) mass is 253 g/mol. The first kappa shape index (κ1) is 13.2. The van der Waals surface area contributed by atoms with E-state index in [1.807, 2.05) is 0 Å². The molecule has 4 atom stereocenters. The highest BCUT2D eigenvalue weighted by atomic mass is 16.5. The van der Waals surface area contributed by atoms with E-state index in [0.29, 0.717) is 19.4 Å². The summed E-state index contributed by atoms with van der Waals surface area (Å²) >= 11 is 0. The third-order valence-electron chi connectivity index (χ3n) is 4.00. The SMILES string of the molecule is C=C[C@@H]1C[C@]1(CC(=O)[C@@H]1C[C@@H](O)CN1)C(=O)OC. The first-order valence-corrected chi connectivity index (χ1v) is 6.18. The van der Waals surface area contributed by atoms with Crippen molar-refractivity contribution < 1.29 is 19.4 Å². The van der Waals surface area contributed by atoms with E-state index in [4.69, 9.17) is 4.74 Å². The van der Waals surface area contributed by atoms with Crippen LogP contribution < -0.4 is 5.32 Å². The highest BCUT2D eigenvalue weighted by molar-refractivity contribution is 5.92. The maximum Gasteiger partial charge on any atom is 0.312 e. The summed E-state index contributed by atoms with van der Waals surface area (Å²) in [5.74, 6) is -0.333. The van der Waals surface area contributed by atoms with Crippen molar-refractivity contribution in [3.05, 3.63) is 12.7 Å². The largest absolute Gasteiger partial charge is 0.469 e. The van der Waals surface area contributed by atoms with Crippen molar-refractivity contribution in [2.45, 2.75) is 31.4 Å². The van der Waals surface area contributed by atoms with E-state index in [1.54, 1.807) is 6.08 Å². The smallest absolute Gasteiger partial charge is 0.312 e. The Bertz CT molecular complexity index is 381. The fraction of sp³-hybridized carbons (Fsp3) is 0.692. The van der Waals surface area contributed by atoms with Gasteiger partial charge in [-0.15, -0.1) is 6.58 Å². The van der Waals surface area contributed by atoms with E-state index in [0.717, 1.165) is 0 Å². The van der Waals surface area contributed by atoms with Crippen LogP contribution in [0.3, 0.4) is 0 Å². The molecule has 0 unspecified atom stereocenters. The first-order chi connectivity index (χ1) is 8.53. The lowest BCUT2D eigenvalue weighted by atomic mass is 9.92. The molecule has 0 amide bonds. The topological polar surface area (TPSA) is 75.6 Å². The van der Waals surface area contributed by atoms with Crippen molar-refractivity contribution in [2.75, 3.05) is 13.7 Å². The molecule has 0 spiro atoms. The van der Waals surface area contributed by atoms with Crippen molar-refractivity contribution >= 4 is 11.8 Å². The van der Waals surface area contributed by atoms with Gasteiger partial charge < -0.3 is 15.2 Å². The number of β-amino-alcohol motifs (C(OH)–C–C–N with tert-alkyl or cyclic N) is 1. The van der Waals surface area contributed by atoms with Gasteiger partial charge in [-0.1, -0.05) is 6.08 Å². The molecule has 1 heterocycles. The normalized spacial score (nSPS) is 38.2. The average molecular weight is 253 g/mol. The Balaban J connectivity index is 2.00. The second-order valence-electron chi connectivity index (χ2n) is 5.19. The summed E-state index contributed by atoms with van der Waals surface area (Å²) in [5, 5.41) is 12.4. The number of nitrogens with one attached hydrogen (secondary N) is 1. The number of aliphatic hydroxyl groups excluding tert-OH is 1. The van der Waals surface area contributed by atoms with E-state index in [2.05, 4.69) is 11.9 Å². The Kier molecular flexibility index (Phi) is 3.54. The Morgan fingerprint density at radius 3 is 2.78 bits per heavy atom. The summed E-state index contributed by atoms with van der Waals surface area (Å²) in [6.07, 6.45) is 2.46. The number of rotatable bonds is 5.